The largest absolute Gasteiger partial charge is 0.381 e. The Hall–Kier alpha value is -0.810. The Labute approximate surface area is 85.1 Å². The van der Waals surface area contributed by atoms with Gasteiger partial charge in [-0.05, 0) is 26.7 Å². The van der Waals surface area contributed by atoms with E-state index in [0.29, 0.717) is 5.96 Å². The summed E-state index contributed by atoms with van der Waals surface area (Å²) in [6.45, 7) is 6.46. The maximum Gasteiger partial charge on any atom is 0.206 e. The van der Waals surface area contributed by atoms with Crippen LogP contribution in [0.3, 0.4) is 0 Å². The minimum Gasteiger partial charge on any atom is -0.381 e. The molecule has 5 nitrogen and oxygen atoms in total. The van der Waals surface area contributed by atoms with Crippen molar-refractivity contribution in [2.45, 2.75) is 32.2 Å². The number of nitrogens with one attached hydrogen (secondary N) is 2. The Morgan fingerprint density at radius 1 is 1.50 bits per heavy atom. The lowest BCUT2D eigenvalue weighted by molar-refractivity contribution is 0.0521. The minimum absolute atomic E-state index is 0.0542. The number of hydrazine groups is 1. The van der Waals surface area contributed by atoms with Crippen molar-refractivity contribution < 1.29 is 4.74 Å². The van der Waals surface area contributed by atoms with E-state index in [1.807, 2.05) is 6.92 Å². The summed E-state index contributed by atoms with van der Waals surface area (Å²) in [5.74, 6) is 6.02. The molecule has 14 heavy (non-hydrogen) atoms. The van der Waals surface area contributed by atoms with Gasteiger partial charge >= 0.3 is 0 Å². The molecule has 1 aliphatic heterocycles. The number of ether oxygens (including phenoxy) is 1. The van der Waals surface area contributed by atoms with Gasteiger partial charge in [0, 0.05) is 25.3 Å². The molecular weight excluding hydrogens is 180 g/mol. The Bertz CT molecular complexity index is 199. The standard InChI is InChI=1S/C9H20N4O/c1-3-11-8(13-10)12-9(2)4-6-14-7-5-9/h3-7,10H2,1-2H3,(H2,11,12,13). The van der Waals surface area contributed by atoms with Gasteiger partial charge in [0.25, 0.3) is 0 Å². The van der Waals surface area contributed by atoms with Crippen LogP contribution >= 0.6 is 0 Å². The zero-order valence-corrected chi connectivity index (χ0v) is 8.97. The molecule has 0 saturated carbocycles. The summed E-state index contributed by atoms with van der Waals surface area (Å²) >= 11 is 0. The van der Waals surface area contributed by atoms with Crippen molar-refractivity contribution in [3.8, 4) is 0 Å². The number of aliphatic imine (C=N–C) groups is 1. The van der Waals surface area contributed by atoms with Crippen LogP contribution < -0.4 is 16.6 Å². The van der Waals surface area contributed by atoms with Gasteiger partial charge in [0.2, 0.25) is 5.96 Å². The van der Waals surface area contributed by atoms with E-state index in [9.17, 15) is 0 Å². The zero-order valence-electron chi connectivity index (χ0n) is 8.97. The maximum atomic E-state index is 5.36. The molecule has 82 valence electrons. The molecule has 1 heterocycles. The molecule has 0 aromatic rings. The summed E-state index contributed by atoms with van der Waals surface area (Å²) in [4.78, 5) is 4.21. The molecule has 1 rings (SSSR count). The number of guanidine groups is 1. The summed E-state index contributed by atoms with van der Waals surface area (Å²) < 4.78 is 5.31. The third kappa shape index (κ3) is 3.16. The molecule has 1 saturated heterocycles. The van der Waals surface area contributed by atoms with Crippen LogP contribution in [0.5, 0.6) is 0 Å². The molecule has 0 atom stereocenters. The van der Waals surface area contributed by atoms with Gasteiger partial charge in [-0.15, -0.1) is 0 Å². The molecular formula is C9H20N4O. The first kappa shape index (κ1) is 11.3. The monoisotopic (exact) mass is 200 g/mol. The third-order valence-electron chi connectivity index (χ3n) is 2.47. The summed E-state index contributed by atoms with van der Waals surface area (Å²) in [7, 11) is 0. The second-order valence-corrected chi connectivity index (χ2v) is 3.77. The van der Waals surface area contributed by atoms with Crippen LogP contribution in [0.2, 0.25) is 0 Å². The lowest BCUT2D eigenvalue weighted by Crippen LogP contribution is -2.55. The van der Waals surface area contributed by atoms with Crippen LogP contribution in [-0.2, 0) is 4.74 Å². The van der Waals surface area contributed by atoms with E-state index in [0.717, 1.165) is 32.6 Å². The zero-order chi connectivity index (χ0) is 10.4. The lowest BCUT2D eigenvalue weighted by atomic mass is 9.93. The average molecular weight is 200 g/mol. The molecule has 4 N–H and O–H groups in total. The molecule has 1 fully saturated rings. The second-order valence-electron chi connectivity index (χ2n) is 3.77. The van der Waals surface area contributed by atoms with Gasteiger partial charge in [-0.2, -0.15) is 0 Å². The van der Waals surface area contributed by atoms with E-state index >= 15 is 0 Å². The van der Waals surface area contributed by atoms with E-state index in [1.165, 1.54) is 0 Å². The molecule has 0 amide bonds. The van der Waals surface area contributed by atoms with Gasteiger partial charge < -0.3 is 10.1 Å². The van der Waals surface area contributed by atoms with Crippen molar-refractivity contribution in [3.63, 3.8) is 0 Å². The Balaban J connectivity index is 2.50. The van der Waals surface area contributed by atoms with Crippen molar-refractivity contribution in [2.75, 3.05) is 19.8 Å². The molecule has 0 radical (unpaired) electrons. The van der Waals surface area contributed by atoms with Crippen LogP contribution in [0.15, 0.2) is 4.99 Å². The second kappa shape index (κ2) is 5.17. The van der Waals surface area contributed by atoms with E-state index in [1.54, 1.807) is 0 Å². The topological polar surface area (TPSA) is 71.7 Å². The van der Waals surface area contributed by atoms with Crippen LogP contribution in [0.1, 0.15) is 26.7 Å². The summed E-state index contributed by atoms with van der Waals surface area (Å²) in [6.07, 6.45) is 1.97. The summed E-state index contributed by atoms with van der Waals surface area (Å²) in [5.41, 5.74) is 2.63. The Kier molecular flexibility index (Phi) is 4.16. The van der Waals surface area contributed by atoms with Gasteiger partial charge in [-0.1, -0.05) is 0 Å². The van der Waals surface area contributed by atoms with Crippen molar-refractivity contribution in [2.24, 2.45) is 10.8 Å². The Morgan fingerprint density at radius 2 is 2.14 bits per heavy atom. The molecule has 0 spiro atoms. The molecule has 0 bridgehead atoms. The van der Waals surface area contributed by atoms with Crippen molar-refractivity contribution in [3.05, 3.63) is 0 Å². The van der Waals surface area contributed by atoms with Gasteiger partial charge in [0.15, 0.2) is 0 Å². The number of nitrogens with two attached hydrogens (primary N) is 1. The molecule has 0 aromatic heterocycles. The fourth-order valence-electron chi connectivity index (χ4n) is 1.51. The normalized spacial score (nSPS) is 21.8. The SMILES string of the molecule is CCN=C(NN)NC1(C)CCOCC1. The van der Waals surface area contributed by atoms with Crippen LogP contribution in [0, 0.1) is 0 Å². The van der Waals surface area contributed by atoms with Gasteiger partial charge in [0.05, 0.1) is 0 Å². The fraction of sp³-hybridized carbons (Fsp3) is 0.889. The van der Waals surface area contributed by atoms with E-state index in [2.05, 4.69) is 22.7 Å². The molecule has 5 heteroatoms. The summed E-state index contributed by atoms with van der Waals surface area (Å²) in [5, 5.41) is 3.32. The van der Waals surface area contributed by atoms with Crippen LogP contribution in [0.4, 0.5) is 0 Å². The number of hydrogen-bond donors (Lipinski definition) is 3. The highest BCUT2D eigenvalue weighted by molar-refractivity contribution is 5.79. The number of hydrogen-bond acceptors (Lipinski definition) is 3. The smallest absolute Gasteiger partial charge is 0.206 e. The third-order valence-corrected chi connectivity index (χ3v) is 2.47. The maximum absolute atomic E-state index is 5.36. The Morgan fingerprint density at radius 3 is 2.64 bits per heavy atom. The van der Waals surface area contributed by atoms with E-state index in [4.69, 9.17) is 10.6 Å². The predicted molar refractivity (Wildman–Crippen MR) is 56.9 cm³/mol. The van der Waals surface area contributed by atoms with Crippen molar-refractivity contribution >= 4 is 5.96 Å². The highest BCUT2D eigenvalue weighted by Gasteiger charge is 2.27. The first-order valence-corrected chi connectivity index (χ1v) is 5.07. The molecule has 0 unspecified atom stereocenters. The molecule has 0 aromatic carbocycles. The average Bonchev–Trinajstić information content (AvgIpc) is 2.18. The quantitative estimate of drug-likeness (QED) is 0.254. The van der Waals surface area contributed by atoms with Crippen LogP contribution in [0.25, 0.3) is 0 Å². The summed E-state index contributed by atoms with van der Waals surface area (Å²) in [6, 6.07) is 0. The minimum atomic E-state index is 0.0542. The first-order chi connectivity index (χ1) is 6.70. The van der Waals surface area contributed by atoms with Gasteiger partial charge in [-0.25, -0.2) is 5.84 Å². The molecule has 1 aliphatic rings. The van der Waals surface area contributed by atoms with Crippen molar-refractivity contribution in [1.29, 1.82) is 0 Å². The van der Waals surface area contributed by atoms with Gasteiger partial charge in [-0.3, -0.25) is 10.4 Å². The van der Waals surface area contributed by atoms with E-state index in [-0.39, 0.29) is 5.54 Å². The fourth-order valence-corrected chi connectivity index (χ4v) is 1.51. The van der Waals surface area contributed by atoms with E-state index < -0.39 is 0 Å². The molecule has 0 aliphatic carbocycles. The number of nitrogens with zero attached hydrogens (tertiary/aromatic N) is 1. The van der Waals surface area contributed by atoms with Crippen LogP contribution in [-0.4, -0.2) is 31.3 Å². The highest BCUT2D eigenvalue weighted by Crippen LogP contribution is 2.19. The number of rotatable bonds is 2. The van der Waals surface area contributed by atoms with Gasteiger partial charge in [0.1, 0.15) is 0 Å². The lowest BCUT2D eigenvalue weighted by Gasteiger charge is -2.35. The first-order valence-electron chi connectivity index (χ1n) is 5.07. The predicted octanol–water partition coefficient (Wildman–Crippen LogP) is -0.0157. The highest BCUT2D eigenvalue weighted by atomic mass is 16.5. The van der Waals surface area contributed by atoms with Crippen molar-refractivity contribution in [1.82, 2.24) is 10.7 Å².